The highest BCUT2D eigenvalue weighted by Gasteiger charge is 2.29. The van der Waals surface area contributed by atoms with Crippen LogP contribution in [0.4, 0.5) is 5.82 Å². The maximum atomic E-state index is 12.5. The van der Waals surface area contributed by atoms with Crippen molar-refractivity contribution in [1.29, 1.82) is 0 Å². The molecule has 5 heteroatoms. The van der Waals surface area contributed by atoms with Crippen molar-refractivity contribution in [2.45, 2.75) is 64.7 Å². The predicted octanol–water partition coefficient (Wildman–Crippen LogP) is 3.86. The van der Waals surface area contributed by atoms with Crippen LogP contribution >= 0.6 is 0 Å². The number of aromatic nitrogens is 2. The van der Waals surface area contributed by atoms with Crippen LogP contribution in [0.2, 0.25) is 0 Å². The van der Waals surface area contributed by atoms with Crippen molar-refractivity contribution in [2.75, 3.05) is 18.5 Å². The molecule has 2 aliphatic rings. The topological polar surface area (TPSA) is 56.1 Å². The van der Waals surface area contributed by atoms with E-state index in [1.807, 2.05) is 13.1 Å². The van der Waals surface area contributed by atoms with Gasteiger partial charge in [-0.25, -0.2) is 0 Å². The number of nitrogens with one attached hydrogen (secondary N) is 1. The molecule has 3 rings (SSSR count). The van der Waals surface area contributed by atoms with E-state index in [1.54, 1.807) is 4.68 Å². The molecule has 1 aromatic rings. The van der Waals surface area contributed by atoms with E-state index in [4.69, 9.17) is 4.74 Å². The first-order valence-corrected chi connectivity index (χ1v) is 9.34. The molecule has 0 unspecified atom stereocenters. The van der Waals surface area contributed by atoms with Crippen molar-refractivity contribution in [3.05, 3.63) is 11.8 Å². The highest BCUT2D eigenvalue weighted by atomic mass is 16.5. The molecule has 2 fully saturated rings. The molecule has 1 aliphatic heterocycles. The van der Waals surface area contributed by atoms with Crippen LogP contribution in [0.3, 0.4) is 0 Å². The standard InChI is InChI=1S/C19H31N3O2/c1-19(2)8-4-6-14(12-19)10-18(23)20-17-11-16(21-22(17)3)15-7-5-9-24-13-15/h11,14-15H,4-10,12-13H2,1-3H3,(H,20,23)/t14-,15+/m0/s1. The monoisotopic (exact) mass is 333 g/mol. The maximum absolute atomic E-state index is 12.5. The summed E-state index contributed by atoms with van der Waals surface area (Å²) in [5, 5.41) is 7.64. The lowest BCUT2D eigenvalue weighted by atomic mass is 9.71. The van der Waals surface area contributed by atoms with Gasteiger partial charge in [0.05, 0.1) is 12.3 Å². The van der Waals surface area contributed by atoms with Crippen molar-refractivity contribution in [3.8, 4) is 0 Å². The van der Waals surface area contributed by atoms with Gasteiger partial charge in [-0.2, -0.15) is 5.10 Å². The molecule has 1 saturated heterocycles. The van der Waals surface area contributed by atoms with Crippen molar-refractivity contribution >= 4 is 11.7 Å². The van der Waals surface area contributed by atoms with Crippen LogP contribution in [0.1, 0.15) is 70.4 Å². The minimum absolute atomic E-state index is 0.118. The molecule has 2 atom stereocenters. The predicted molar refractivity (Wildman–Crippen MR) is 95.0 cm³/mol. The fourth-order valence-corrected chi connectivity index (χ4v) is 4.27. The number of anilines is 1. The molecule has 134 valence electrons. The highest BCUT2D eigenvalue weighted by molar-refractivity contribution is 5.90. The number of hydrogen-bond donors (Lipinski definition) is 1. The minimum atomic E-state index is 0.118. The molecule has 1 amide bonds. The zero-order valence-electron chi connectivity index (χ0n) is 15.3. The summed E-state index contributed by atoms with van der Waals surface area (Å²) in [6.45, 7) is 6.22. The number of carbonyl (C=O) groups is 1. The lowest BCUT2D eigenvalue weighted by Crippen LogP contribution is -2.26. The number of ether oxygens (including phenoxy) is 1. The van der Waals surface area contributed by atoms with Crippen LogP contribution in [-0.2, 0) is 16.6 Å². The van der Waals surface area contributed by atoms with Gasteiger partial charge in [-0.1, -0.05) is 20.3 Å². The summed E-state index contributed by atoms with van der Waals surface area (Å²) in [4.78, 5) is 12.5. The van der Waals surface area contributed by atoms with Gasteiger partial charge in [-0.15, -0.1) is 0 Å². The SMILES string of the molecule is Cn1nc([C@@H]2CCCOC2)cc1NC(=O)C[C@@H]1CCCC(C)(C)C1. The van der Waals surface area contributed by atoms with Crippen LogP contribution in [0.5, 0.6) is 0 Å². The van der Waals surface area contributed by atoms with Gasteiger partial charge < -0.3 is 10.1 Å². The Bertz CT molecular complexity index is 573. The molecule has 1 saturated carbocycles. The van der Waals surface area contributed by atoms with Gasteiger partial charge >= 0.3 is 0 Å². The molecule has 1 aromatic heterocycles. The van der Waals surface area contributed by atoms with Gasteiger partial charge in [0.1, 0.15) is 5.82 Å². The van der Waals surface area contributed by atoms with Gasteiger partial charge in [0.25, 0.3) is 0 Å². The van der Waals surface area contributed by atoms with Crippen molar-refractivity contribution in [2.24, 2.45) is 18.4 Å². The first kappa shape index (κ1) is 17.5. The van der Waals surface area contributed by atoms with Crippen LogP contribution in [0.25, 0.3) is 0 Å². The number of aryl methyl sites for hydroxylation is 1. The van der Waals surface area contributed by atoms with Crippen molar-refractivity contribution in [3.63, 3.8) is 0 Å². The normalized spacial score (nSPS) is 27.0. The van der Waals surface area contributed by atoms with Crippen LogP contribution in [0.15, 0.2) is 6.07 Å². The smallest absolute Gasteiger partial charge is 0.225 e. The molecular weight excluding hydrogens is 302 g/mol. The molecule has 1 aliphatic carbocycles. The third kappa shape index (κ3) is 4.38. The van der Waals surface area contributed by atoms with E-state index in [-0.39, 0.29) is 5.91 Å². The first-order chi connectivity index (χ1) is 11.4. The summed E-state index contributed by atoms with van der Waals surface area (Å²) in [6.07, 6.45) is 7.66. The van der Waals surface area contributed by atoms with E-state index in [0.29, 0.717) is 23.7 Å². The van der Waals surface area contributed by atoms with E-state index < -0.39 is 0 Å². The number of rotatable bonds is 4. The average Bonchev–Trinajstić information content (AvgIpc) is 2.88. The van der Waals surface area contributed by atoms with Gasteiger partial charge in [-0.3, -0.25) is 9.48 Å². The highest BCUT2D eigenvalue weighted by Crippen LogP contribution is 2.39. The van der Waals surface area contributed by atoms with Crippen LogP contribution < -0.4 is 5.32 Å². The van der Waals surface area contributed by atoms with E-state index in [2.05, 4.69) is 24.3 Å². The molecular formula is C19H31N3O2. The van der Waals surface area contributed by atoms with Crippen LogP contribution in [-0.4, -0.2) is 28.9 Å². The summed E-state index contributed by atoms with van der Waals surface area (Å²) in [7, 11) is 1.90. The summed E-state index contributed by atoms with van der Waals surface area (Å²) in [5.74, 6) is 1.78. The average molecular weight is 333 g/mol. The zero-order valence-corrected chi connectivity index (χ0v) is 15.3. The summed E-state index contributed by atoms with van der Waals surface area (Å²) in [6, 6.07) is 2.02. The van der Waals surface area contributed by atoms with E-state index in [9.17, 15) is 4.79 Å². The van der Waals surface area contributed by atoms with E-state index in [0.717, 1.165) is 44.0 Å². The second kappa shape index (κ2) is 7.26. The second-order valence-corrected chi connectivity index (χ2v) is 8.37. The third-order valence-electron chi connectivity index (χ3n) is 5.53. The lowest BCUT2D eigenvalue weighted by Gasteiger charge is -2.34. The number of carbonyl (C=O) groups excluding carboxylic acids is 1. The van der Waals surface area contributed by atoms with E-state index >= 15 is 0 Å². The van der Waals surface area contributed by atoms with Gasteiger partial charge in [0.2, 0.25) is 5.91 Å². The second-order valence-electron chi connectivity index (χ2n) is 8.37. The van der Waals surface area contributed by atoms with Gasteiger partial charge in [-0.05, 0) is 43.4 Å². The number of hydrogen-bond acceptors (Lipinski definition) is 3. The van der Waals surface area contributed by atoms with Crippen molar-refractivity contribution in [1.82, 2.24) is 9.78 Å². The van der Waals surface area contributed by atoms with Gasteiger partial charge in [0, 0.05) is 32.1 Å². The Morgan fingerprint density at radius 3 is 2.96 bits per heavy atom. The Balaban J connectivity index is 1.57. The fourth-order valence-electron chi connectivity index (χ4n) is 4.27. The molecule has 2 heterocycles. The maximum Gasteiger partial charge on any atom is 0.225 e. The molecule has 0 radical (unpaired) electrons. The minimum Gasteiger partial charge on any atom is -0.381 e. The number of nitrogens with zero attached hydrogens (tertiary/aromatic N) is 2. The summed E-state index contributed by atoms with van der Waals surface area (Å²) < 4.78 is 7.33. The Morgan fingerprint density at radius 2 is 2.25 bits per heavy atom. The van der Waals surface area contributed by atoms with Crippen LogP contribution in [0, 0.1) is 11.3 Å². The van der Waals surface area contributed by atoms with Crippen molar-refractivity contribution < 1.29 is 9.53 Å². The Kier molecular flexibility index (Phi) is 5.28. The quantitative estimate of drug-likeness (QED) is 0.910. The largest absolute Gasteiger partial charge is 0.381 e. The number of amides is 1. The third-order valence-corrected chi connectivity index (χ3v) is 5.53. The molecule has 0 spiro atoms. The fraction of sp³-hybridized carbons (Fsp3) is 0.789. The summed E-state index contributed by atoms with van der Waals surface area (Å²) >= 11 is 0. The van der Waals surface area contributed by atoms with E-state index in [1.165, 1.54) is 19.3 Å². The Labute approximate surface area is 145 Å². The zero-order chi connectivity index (χ0) is 17.2. The molecule has 1 N–H and O–H groups in total. The Hall–Kier alpha value is -1.36. The lowest BCUT2D eigenvalue weighted by molar-refractivity contribution is -0.117. The first-order valence-electron chi connectivity index (χ1n) is 9.34. The Morgan fingerprint density at radius 1 is 1.42 bits per heavy atom. The molecule has 24 heavy (non-hydrogen) atoms. The molecule has 5 nitrogen and oxygen atoms in total. The summed E-state index contributed by atoms with van der Waals surface area (Å²) in [5.41, 5.74) is 1.41. The van der Waals surface area contributed by atoms with Gasteiger partial charge in [0.15, 0.2) is 0 Å². The molecule has 0 aromatic carbocycles. The molecule has 0 bridgehead atoms.